The van der Waals surface area contributed by atoms with Gasteiger partial charge < -0.3 is 10.1 Å². The fourth-order valence-corrected chi connectivity index (χ4v) is 1.24. The van der Waals surface area contributed by atoms with Crippen molar-refractivity contribution in [3.8, 4) is 5.88 Å². The number of ether oxygens (including phenoxy) is 1. The Morgan fingerprint density at radius 1 is 1.50 bits per heavy atom. The molecule has 1 aromatic heterocycles. The van der Waals surface area contributed by atoms with Gasteiger partial charge >= 0.3 is 0 Å². The van der Waals surface area contributed by atoms with Crippen LogP contribution < -0.4 is 10.1 Å². The van der Waals surface area contributed by atoms with Gasteiger partial charge in [0.15, 0.2) is 0 Å². The lowest BCUT2D eigenvalue weighted by Gasteiger charge is -2.05. The molecule has 5 heteroatoms. The van der Waals surface area contributed by atoms with Crippen molar-refractivity contribution in [2.45, 2.75) is 6.92 Å². The molecule has 0 unspecified atom stereocenters. The highest BCUT2D eigenvalue weighted by Gasteiger charge is 1.97. The lowest BCUT2D eigenvalue weighted by molar-refractivity contribution is 0.326. The number of nitrogens with zero attached hydrogens (tertiary/aromatic N) is 2. The fraction of sp³-hybridized carbons (Fsp3) is 0.556. The molecule has 0 amide bonds. The highest BCUT2D eigenvalue weighted by molar-refractivity contribution is 7.98. The van der Waals surface area contributed by atoms with Gasteiger partial charge in [-0.2, -0.15) is 16.7 Å². The second kappa shape index (κ2) is 6.48. The van der Waals surface area contributed by atoms with Gasteiger partial charge in [0.25, 0.3) is 0 Å². The van der Waals surface area contributed by atoms with E-state index in [-0.39, 0.29) is 0 Å². The monoisotopic (exact) mass is 213 g/mol. The topological polar surface area (TPSA) is 47.0 Å². The first-order valence-electron chi connectivity index (χ1n) is 4.54. The third kappa shape index (κ3) is 3.83. The molecule has 0 aromatic carbocycles. The summed E-state index contributed by atoms with van der Waals surface area (Å²) in [5.41, 5.74) is 0. The molecule has 14 heavy (non-hydrogen) atoms. The number of thioether (sulfide) groups is 1. The molecule has 0 bridgehead atoms. The summed E-state index contributed by atoms with van der Waals surface area (Å²) in [5, 5.41) is 3.17. The van der Waals surface area contributed by atoms with E-state index in [2.05, 4.69) is 21.5 Å². The van der Waals surface area contributed by atoms with E-state index in [9.17, 15) is 0 Å². The predicted molar refractivity (Wildman–Crippen MR) is 60.1 cm³/mol. The molecule has 78 valence electrons. The Balaban J connectivity index is 2.46. The minimum atomic E-state index is 0.571. The molecule has 0 saturated heterocycles. The molecular weight excluding hydrogens is 198 g/mol. The van der Waals surface area contributed by atoms with Crippen LogP contribution in [-0.4, -0.2) is 35.1 Å². The third-order valence-electron chi connectivity index (χ3n) is 1.52. The molecule has 0 aliphatic carbocycles. The van der Waals surface area contributed by atoms with Gasteiger partial charge in [0.1, 0.15) is 5.82 Å². The molecule has 4 nitrogen and oxygen atoms in total. The maximum Gasteiger partial charge on any atom is 0.234 e. The Labute approximate surface area is 88.5 Å². The number of hydrogen-bond donors (Lipinski definition) is 1. The summed E-state index contributed by atoms with van der Waals surface area (Å²) in [7, 11) is 0. The van der Waals surface area contributed by atoms with Crippen molar-refractivity contribution in [2.75, 3.05) is 30.5 Å². The van der Waals surface area contributed by atoms with Crippen molar-refractivity contribution in [3.05, 3.63) is 12.4 Å². The van der Waals surface area contributed by atoms with Crippen LogP contribution in [-0.2, 0) is 0 Å². The summed E-state index contributed by atoms with van der Waals surface area (Å²) in [4.78, 5) is 8.25. The Hall–Kier alpha value is -0.970. The summed E-state index contributed by atoms with van der Waals surface area (Å²) in [6.07, 6.45) is 5.38. The van der Waals surface area contributed by atoms with Gasteiger partial charge in [-0.1, -0.05) is 0 Å². The number of aromatic nitrogens is 2. The standard InChI is InChI=1S/C9H15N3OS/c1-3-13-9-7-10-6-8(12-9)11-4-5-14-2/h6-7H,3-5H2,1-2H3,(H,11,12). The minimum absolute atomic E-state index is 0.571. The number of hydrogen-bond acceptors (Lipinski definition) is 5. The Morgan fingerprint density at radius 3 is 3.07 bits per heavy atom. The minimum Gasteiger partial charge on any atom is -0.477 e. The average molecular weight is 213 g/mol. The zero-order valence-electron chi connectivity index (χ0n) is 8.49. The van der Waals surface area contributed by atoms with Gasteiger partial charge in [-0.15, -0.1) is 0 Å². The zero-order chi connectivity index (χ0) is 10.2. The van der Waals surface area contributed by atoms with E-state index in [4.69, 9.17) is 4.74 Å². The lowest BCUT2D eigenvalue weighted by atomic mass is 10.6. The maximum atomic E-state index is 5.23. The van der Waals surface area contributed by atoms with E-state index in [0.717, 1.165) is 18.1 Å². The van der Waals surface area contributed by atoms with Crippen LogP contribution in [0.5, 0.6) is 5.88 Å². The molecule has 0 fully saturated rings. The fourth-order valence-electron chi connectivity index (χ4n) is 0.932. The molecule has 0 aliphatic rings. The van der Waals surface area contributed by atoms with Gasteiger partial charge in [-0.3, -0.25) is 4.98 Å². The maximum absolute atomic E-state index is 5.23. The molecule has 0 atom stereocenters. The van der Waals surface area contributed by atoms with Crippen LogP contribution in [0.3, 0.4) is 0 Å². The van der Waals surface area contributed by atoms with Crippen LogP contribution in [0.25, 0.3) is 0 Å². The molecule has 1 heterocycles. The highest BCUT2D eigenvalue weighted by Crippen LogP contribution is 2.08. The molecule has 0 spiro atoms. The van der Waals surface area contributed by atoms with Gasteiger partial charge in [-0.25, -0.2) is 0 Å². The Kier molecular flexibility index (Phi) is 5.14. The summed E-state index contributed by atoms with van der Waals surface area (Å²) in [6, 6.07) is 0. The van der Waals surface area contributed by atoms with E-state index in [0.29, 0.717) is 12.5 Å². The smallest absolute Gasteiger partial charge is 0.234 e. The number of nitrogens with one attached hydrogen (secondary N) is 1. The van der Waals surface area contributed by atoms with Crippen molar-refractivity contribution in [1.29, 1.82) is 0 Å². The Bertz CT molecular complexity index is 270. The first-order valence-corrected chi connectivity index (χ1v) is 5.94. The van der Waals surface area contributed by atoms with E-state index >= 15 is 0 Å². The lowest BCUT2D eigenvalue weighted by Crippen LogP contribution is -2.06. The molecule has 0 radical (unpaired) electrons. The van der Waals surface area contributed by atoms with Crippen LogP contribution in [0, 0.1) is 0 Å². The van der Waals surface area contributed by atoms with Crippen molar-refractivity contribution < 1.29 is 4.74 Å². The molecule has 1 aromatic rings. The van der Waals surface area contributed by atoms with Crippen LogP contribution in [0.1, 0.15) is 6.92 Å². The van der Waals surface area contributed by atoms with Gasteiger partial charge in [0.2, 0.25) is 5.88 Å². The van der Waals surface area contributed by atoms with Crippen molar-refractivity contribution in [2.24, 2.45) is 0 Å². The molecule has 0 saturated carbocycles. The van der Waals surface area contributed by atoms with Crippen LogP contribution in [0.2, 0.25) is 0 Å². The van der Waals surface area contributed by atoms with E-state index in [1.807, 2.05) is 6.92 Å². The van der Waals surface area contributed by atoms with Crippen molar-refractivity contribution >= 4 is 17.6 Å². The molecule has 1 rings (SSSR count). The largest absolute Gasteiger partial charge is 0.477 e. The quantitative estimate of drug-likeness (QED) is 0.728. The summed E-state index contributed by atoms with van der Waals surface area (Å²) >= 11 is 1.79. The second-order valence-electron chi connectivity index (χ2n) is 2.60. The number of rotatable bonds is 6. The highest BCUT2D eigenvalue weighted by atomic mass is 32.2. The summed E-state index contributed by atoms with van der Waals surface area (Å²) in [5.74, 6) is 2.40. The normalized spacial score (nSPS) is 9.86. The number of anilines is 1. The van der Waals surface area contributed by atoms with Gasteiger partial charge in [-0.05, 0) is 13.2 Å². The van der Waals surface area contributed by atoms with Crippen LogP contribution >= 0.6 is 11.8 Å². The predicted octanol–water partition coefficient (Wildman–Crippen LogP) is 1.65. The molecule has 0 aliphatic heterocycles. The van der Waals surface area contributed by atoms with E-state index in [1.54, 1.807) is 24.2 Å². The van der Waals surface area contributed by atoms with Crippen molar-refractivity contribution in [3.63, 3.8) is 0 Å². The van der Waals surface area contributed by atoms with E-state index < -0.39 is 0 Å². The van der Waals surface area contributed by atoms with Crippen LogP contribution in [0.4, 0.5) is 5.82 Å². The third-order valence-corrected chi connectivity index (χ3v) is 2.13. The van der Waals surface area contributed by atoms with Gasteiger partial charge in [0.05, 0.1) is 19.0 Å². The zero-order valence-corrected chi connectivity index (χ0v) is 9.30. The molecule has 1 N–H and O–H groups in total. The van der Waals surface area contributed by atoms with Crippen molar-refractivity contribution in [1.82, 2.24) is 9.97 Å². The summed E-state index contributed by atoms with van der Waals surface area (Å²) < 4.78 is 5.23. The Morgan fingerprint density at radius 2 is 2.36 bits per heavy atom. The van der Waals surface area contributed by atoms with Gasteiger partial charge in [0, 0.05) is 12.3 Å². The first-order chi connectivity index (χ1) is 6.86. The second-order valence-corrected chi connectivity index (χ2v) is 3.58. The van der Waals surface area contributed by atoms with E-state index in [1.165, 1.54) is 0 Å². The molecular formula is C9H15N3OS. The first kappa shape index (κ1) is 11.1. The summed E-state index contributed by atoms with van der Waals surface area (Å²) in [6.45, 7) is 3.43. The SMILES string of the molecule is CCOc1cncc(NCCSC)n1. The average Bonchev–Trinajstić information content (AvgIpc) is 2.19. The van der Waals surface area contributed by atoms with Crippen LogP contribution in [0.15, 0.2) is 12.4 Å².